The van der Waals surface area contributed by atoms with Gasteiger partial charge in [-0.2, -0.15) is 0 Å². The second-order valence-electron chi connectivity index (χ2n) is 7.15. The van der Waals surface area contributed by atoms with Gasteiger partial charge in [-0.3, -0.25) is 4.90 Å². The molecule has 1 aromatic carbocycles. The Hall–Kier alpha value is -1.96. The van der Waals surface area contributed by atoms with Gasteiger partial charge in [0.25, 0.3) is 0 Å². The lowest BCUT2D eigenvalue weighted by atomic mass is 9.81. The van der Waals surface area contributed by atoms with Crippen molar-refractivity contribution in [2.45, 2.75) is 71.0 Å². The molecule has 148 valence electrons. The summed E-state index contributed by atoms with van der Waals surface area (Å²) in [7, 11) is 0. The van der Waals surface area contributed by atoms with Crippen LogP contribution in [0.1, 0.15) is 59.1 Å². The van der Waals surface area contributed by atoms with Crippen LogP contribution in [0.15, 0.2) is 24.3 Å². The van der Waals surface area contributed by atoms with Gasteiger partial charge in [0.05, 0.1) is 11.6 Å². The van der Waals surface area contributed by atoms with Crippen LogP contribution in [-0.4, -0.2) is 38.7 Å². The van der Waals surface area contributed by atoms with Gasteiger partial charge in [0.1, 0.15) is 5.75 Å². The van der Waals surface area contributed by atoms with Crippen molar-refractivity contribution in [3.05, 3.63) is 29.8 Å². The van der Waals surface area contributed by atoms with Gasteiger partial charge in [-0.25, -0.2) is 4.79 Å². The first kappa shape index (κ1) is 22.1. The lowest BCUT2D eigenvalue weighted by molar-refractivity contribution is -0.274. The second kappa shape index (κ2) is 7.73. The minimum atomic E-state index is -4.81. The Balaban J connectivity index is 3.44. The van der Waals surface area contributed by atoms with E-state index in [0.29, 0.717) is 5.56 Å². The molecule has 1 amide bonds. The zero-order valence-electron chi connectivity index (χ0n) is 15.6. The number of rotatable bonds is 6. The Morgan fingerprint density at radius 1 is 1.12 bits per heavy atom. The van der Waals surface area contributed by atoms with Gasteiger partial charge in [-0.05, 0) is 51.3 Å². The first-order chi connectivity index (χ1) is 11.7. The van der Waals surface area contributed by atoms with Gasteiger partial charge in [-0.15, -0.1) is 13.2 Å². The molecule has 0 heterocycles. The summed E-state index contributed by atoms with van der Waals surface area (Å²) in [6.45, 7) is 8.56. The Morgan fingerprint density at radius 2 is 1.58 bits per heavy atom. The van der Waals surface area contributed by atoms with Crippen LogP contribution in [0.2, 0.25) is 0 Å². The molecule has 1 unspecified atom stereocenters. The van der Waals surface area contributed by atoms with Crippen LogP contribution in [0, 0.1) is 0 Å². The number of benzene rings is 1. The highest BCUT2D eigenvalue weighted by atomic mass is 19.4. The molecule has 5 nitrogen and oxygen atoms in total. The van der Waals surface area contributed by atoms with E-state index in [-0.39, 0.29) is 12.8 Å². The Kier molecular flexibility index (Phi) is 6.57. The van der Waals surface area contributed by atoms with Crippen molar-refractivity contribution < 1.29 is 32.9 Å². The number of aliphatic hydroxyl groups is 1. The highest BCUT2D eigenvalue weighted by Crippen LogP contribution is 2.41. The van der Waals surface area contributed by atoms with Crippen LogP contribution in [-0.2, 0) is 0 Å². The molecule has 0 aliphatic heterocycles. The molecule has 26 heavy (non-hydrogen) atoms. The number of hydrogen-bond acceptors (Lipinski definition) is 3. The molecule has 8 heteroatoms. The van der Waals surface area contributed by atoms with Crippen molar-refractivity contribution in [2.75, 3.05) is 0 Å². The molecule has 1 aromatic rings. The quantitative estimate of drug-likeness (QED) is 0.735. The first-order valence-electron chi connectivity index (χ1n) is 8.35. The molecule has 1 atom stereocenters. The lowest BCUT2D eigenvalue weighted by Crippen LogP contribution is -2.55. The van der Waals surface area contributed by atoms with E-state index in [4.69, 9.17) is 0 Å². The Bertz CT molecular complexity index is 604. The van der Waals surface area contributed by atoms with Crippen LogP contribution >= 0.6 is 0 Å². The third-order valence-corrected chi connectivity index (χ3v) is 4.35. The number of hydrogen-bond donors (Lipinski definition) is 2. The number of ether oxygens (including phenoxy) is 1. The molecule has 0 aliphatic rings. The van der Waals surface area contributed by atoms with Crippen LogP contribution in [0.3, 0.4) is 0 Å². The summed E-state index contributed by atoms with van der Waals surface area (Å²) in [6, 6.07) is 3.98. The van der Waals surface area contributed by atoms with Crippen molar-refractivity contribution in [1.82, 2.24) is 4.90 Å². The summed E-state index contributed by atoms with van der Waals surface area (Å²) in [5.74, 6) is -0.408. The number of carbonyl (C=O) groups is 1. The molecule has 0 aliphatic carbocycles. The molecule has 0 saturated carbocycles. The highest BCUT2D eigenvalue weighted by molar-refractivity contribution is 5.67. The topological polar surface area (TPSA) is 70.0 Å². The number of nitrogens with zero attached hydrogens (tertiary/aromatic N) is 1. The fraction of sp³-hybridized carbons (Fsp3) is 0.611. The van der Waals surface area contributed by atoms with E-state index >= 15 is 0 Å². The minimum Gasteiger partial charge on any atom is -0.465 e. The van der Waals surface area contributed by atoms with Gasteiger partial charge < -0.3 is 14.9 Å². The van der Waals surface area contributed by atoms with Crippen LogP contribution in [0.25, 0.3) is 0 Å². The predicted octanol–water partition coefficient (Wildman–Crippen LogP) is 4.96. The van der Waals surface area contributed by atoms with Crippen molar-refractivity contribution in [3.63, 3.8) is 0 Å². The van der Waals surface area contributed by atoms with Crippen molar-refractivity contribution >= 4 is 6.09 Å². The number of amides is 1. The van der Waals surface area contributed by atoms with E-state index in [0.717, 1.165) is 17.0 Å². The standard InChI is InChI=1S/C18H26F3NO4/c1-6-17(25,7-2)14(22(15(23)24)16(3,4)5)12-8-10-13(11-9-12)26-18(19,20)21/h8-11,14,25H,6-7H2,1-5H3,(H,23,24). The molecule has 0 spiro atoms. The predicted molar refractivity (Wildman–Crippen MR) is 91.0 cm³/mol. The molecular formula is C18H26F3NO4. The maximum absolute atomic E-state index is 12.3. The summed E-state index contributed by atoms with van der Waals surface area (Å²) in [5, 5.41) is 20.8. The molecule has 0 aromatic heterocycles. The molecule has 1 rings (SSSR count). The van der Waals surface area contributed by atoms with Crippen LogP contribution < -0.4 is 4.74 Å². The fourth-order valence-corrected chi connectivity index (χ4v) is 2.97. The van der Waals surface area contributed by atoms with Crippen molar-refractivity contribution in [1.29, 1.82) is 0 Å². The normalized spacial score (nSPS) is 14.0. The van der Waals surface area contributed by atoms with Gasteiger partial charge in [-0.1, -0.05) is 26.0 Å². The summed E-state index contributed by atoms with van der Waals surface area (Å²) in [6.07, 6.45) is -5.49. The Labute approximate surface area is 151 Å². The molecule has 0 saturated heterocycles. The van der Waals surface area contributed by atoms with Crippen LogP contribution in [0.4, 0.5) is 18.0 Å². The van der Waals surface area contributed by atoms with Crippen LogP contribution in [0.5, 0.6) is 5.75 Å². The fourth-order valence-electron chi connectivity index (χ4n) is 2.97. The maximum Gasteiger partial charge on any atom is 0.573 e. The SMILES string of the molecule is CCC(O)(CC)C(c1ccc(OC(F)(F)F)cc1)N(C(=O)O)C(C)(C)C. The minimum absolute atomic E-state index is 0.273. The number of carboxylic acid groups (broad SMARTS) is 1. The second-order valence-corrected chi connectivity index (χ2v) is 7.15. The van der Waals surface area contributed by atoms with E-state index < -0.39 is 35.4 Å². The Morgan fingerprint density at radius 3 is 1.88 bits per heavy atom. The van der Waals surface area contributed by atoms with Gasteiger partial charge >= 0.3 is 12.5 Å². The average Bonchev–Trinajstić information content (AvgIpc) is 2.49. The number of alkyl halides is 3. The lowest BCUT2D eigenvalue weighted by Gasteiger charge is -2.47. The highest BCUT2D eigenvalue weighted by Gasteiger charge is 2.45. The van der Waals surface area contributed by atoms with E-state index in [9.17, 15) is 28.2 Å². The van der Waals surface area contributed by atoms with Gasteiger partial charge in [0.2, 0.25) is 0 Å². The van der Waals surface area contributed by atoms with E-state index in [1.807, 2.05) is 0 Å². The number of halogens is 3. The smallest absolute Gasteiger partial charge is 0.465 e. The summed E-state index contributed by atoms with van der Waals surface area (Å²) >= 11 is 0. The molecule has 0 radical (unpaired) electrons. The molecule has 2 N–H and O–H groups in total. The third-order valence-electron chi connectivity index (χ3n) is 4.35. The first-order valence-corrected chi connectivity index (χ1v) is 8.35. The monoisotopic (exact) mass is 377 g/mol. The van der Waals surface area contributed by atoms with E-state index in [1.54, 1.807) is 34.6 Å². The summed E-state index contributed by atoms with van der Waals surface area (Å²) < 4.78 is 40.9. The largest absolute Gasteiger partial charge is 0.573 e. The van der Waals surface area contributed by atoms with Crippen molar-refractivity contribution in [2.24, 2.45) is 0 Å². The van der Waals surface area contributed by atoms with Gasteiger partial charge in [0.15, 0.2) is 0 Å². The van der Waals surface area contributed by atoms with Crippen molar-refractivity contribution in [3.8, 4) is 5.75 Å². The molecule has 0 bridgehead atoms. The molecule has 0 fully saturated rings. The summed E-state index contributed by atoms with van der Waals surface area (Å²) in [4.78, 5) is 13.1. The maximum atomic E-state index is 12.3. The third kappa shape index (κ3) is 5.27. The zero-order valence-corrected chi connectivity index (χ0v) is 15.6. The average molecular weight is 377 g/mol. The van der Waals surface area contributed by atoms with E-state index in [1.165, 1.54) is 12.1 Å². The van der Waals surface area contributed by atoms with Gasteiger partial charge in [0, 0.05) is 5.54 Å². The van der Waals surface area contributed by atoms with E-state index in [2.05, 4.69) is 4.74 Å². The molecular weight excluding hydrogens is 351 g/mol. The zero-order chi connectivity index (χ0) is 20.3. The summed E-state index contributed by atoms with van der Waals surface area (Å²) in [5.41, 5.74) is -1.82.